The Balaban J connectivity index is 1.99. The molecule has 0 radical (unpaired) electrons. The fourth-order valence-electron chi connectivity index (χ4n) is 2.60. The molecule has 2 aromatic carbocycles. The lowest BCUT2D eigenvalue weighted by atomic mass is 10.2. The lowest BCUT2D eigenvalue weighted by Gasteiger charge is -2.34. The van der Waals surface area contributed by atoms with Gasteiger partial charge in [-0.25, -0.2) is 0 Å². The first-order valence-corrected chi connectivity index (χ1v) is 10.9. The summed E-state index contributed by atoms with van der Waals surface area (Å²) in [4.78, 5) is 0. The number of anilines is 1. The van der Waals surface area contributed by atoms with Crippen molar-refractivity contribution in [3.05, 3.63) is 62.5 Å². The molecule has 4 nitrogen and oxygen atoms in total. The van der Waals surface area contributed by atoms with Crippen molar-refractivity contribution in [3.8, 4) is 0 Å². The molecule has 1 aliphatic heterocycles. The first-order chi connectivity index (χ1) is 11.9. The minimum atomic E-state index is -3.43. The van der Waals surface area contributed by atoms with E-state index in [9.17, 15) is 4.57 Å². The molecular formula is C17H17BrCl2NO3P. The molecule has 134 valence electrons. The van der Waals surface area contributed by atoms with E-state index in [4.69, 9.17) is 32.2 Å². The van der Waals surface area contributed by atoms with E-state index in [1.165, 1.54) is 0 Å². The van der Waals surface area contributed by atoms with Crippen molar-refractivity contribution in [1.82, 2.24) is 0 Å². The van der Waals surface area contributed by atoms with Crippen molar-refractivity contribution in [2.24, 2.45) is 0 Å². The van der Waals surface area contributed by atoms with Crippen LogP contribution in [-0.2, 0) is 13.6 Å². The van der Waals surface area contributed by atoms with Crippen LogP contribution in [-0.4, -0.2) is 12.7 Å². The SMILES string of the molecule is C[C@H]1CCO[P@](=O)([C@@H](Nc2cc(Cl)cc(Cl)c2)c2ccc(Br)cc2)O1. The normalized spacial score (nSPS) is 24.7. The molecule has 0 aromatic heterocycles. The molecule has 2 aromatic rings. The van der Waals surface area contributed by atoms with Crippen LogP contribution >= 0.6 is 46.7 Å². The quantitative estimate of drug-likeness (QED) is 0.500. The van der Waals surface area contributed by atoms with Crippen LogP contribution in [0.1, 0.15) is 24.7 Å². The number of benzene rings is 2. The Morgan fingerprint density at radius 1 is 1.20 bits per heavy atom. The summed E-state index contributed by atoms with van der Waals surface area (Å²) < 4.78 is 25.7. The van der Waals surface area contributed by atoms with Gasteiger partial charge in [-0.2, -0.15) is 0 Å². The van der Waals surface area contributed by atoms with Crippen LogP contribution in [0.25, 0.3) is 0 Å². The number of rotatable bonds is 4. The maximum Gasteiger partial charge on any atom is 0.357 e. The molecule has 0 aliphatic carbocycles. The summed E-state index contributed by atoms with van der Waals surface area (Å²) in [7, 11) is -3.43. The van der Waals surface area contributed by atoms with Crippen LogP contribution in [0.3, 0.4) is 0 Å². The van der Waals surface area contributed by atoms with E-state index in [-0.39, 0.29) is 6.10 Å². The summed E-state index contributed by atoms with van der Waals surface area (Å²) in [5.74, 6) is -0.669. The molecule has 8 heteroatoms. The zero-order valence-electron chi connectivity index (χ0n) is 13.4. The van der Waals surface area contributed by atoms with Gasteiger partial charge in [-0.3, -0.25) is 4.57 Å². The molecule has 1 aliphatic rings. The minimum Gasteiger partial charge on any atom is -0.368 e. The van der Waals surface area contributed by atoms with Gasteiger partial charge in [-0.1, -0.05) is 51.3 Å². The zero-order valence-corrected chi connectivity index (χ0v) is 17.4. The average molecular weight is 465 g/mol. The van der Waals surface area contributed by atoms with Gasteiger partial charge in [0.25, 0.3) is 0 Å². The van der Waals surface area contributed by atoms with Crippen LogP contribution in [0.15, 0.2) is 46.9 Å². The van der Waals surface area contributed by atoms with Crippen molar-refractivity contribution in [2.75, 3.05) is 11.9 Å². The second-order valence-corrected chi connectivity index (χ2v) is 9.69. The molecule has 1 heterocycles. The van der Waals surface area contributed by atoms with Gasteiger partial charge in [0, 0.05) is 20.2 Å². The van der Waals surface area contributed by atoms with Crippen LogP contribution in [0, 0.1) is 0 Å². The van der Waals surface area contributed by atoms with Gasteiger partial charge in [-0.15, -0.1) is 0 Å². The maximum absolute atomic E-state index is 13.4. The van der Waals surface area contributed by atoms with Crippen molar-refractivity contribution < 1.29 is 13.6 Å². The van der Waals surface area contributed by atoms with Crippen LogP contribution in [0.5, 0.6) is 0 Å². The first-order valence-electron chi connectivity index (χ1n) is 7.76. The standard InChI is InChI=1S/C17H17BrCl2NO3P/c1-11-6-7-23-25(22,24-11)17(12-2-4-13(18)5-3-12)21-16-9-14(19)8-15(20)10-16/h2-5,8-11,17,21H,6-7H2,1H3/t11-,17+,25+/m0/s1. The molecule has 25 heavy (non-hydrogen) atoms. The van der Waals surface area contributed by atoms with E-state index < -0.39 is 13.4 Å². The van der Waals surface area contributed by atoms with E-state index in [2.05, 4.69) is 21.2 Å². The fourth-order valence-corrected chi connectivity index (χ4v) is 5.53. The van der Waals surface area contributed by atoms with Crippen LogP contribution in [0.4, 0.5) is 5.69 Å². The molecule has 1 saturated heterocycles. The highest BCUT2D eigenvalue weighted by molar-refractivity contribution is 9.10. The smallest absolute Gasteiger partial charge is 0.357 e. The summed E-state index contributed by atoms with van der Waals surface area (Å²) in [5.41, 5.74) is 1.43. The van der Waals surface area contributed by atoms with E-state index in [0.717, 1.165) is 10.0 Å². The summed E-state index contributed by atoms with van der Waals surface area (Å²) in [6.07, 6.45) is 0.572. The molecule has 1 fully saturated rings. The molecule has 0 spiro atoms. The molecule has 0 bridgehead atoms. The average Bonchev–Trinajstić information content (AvgIpc) is 2.52. The van der Waals surface area contributed by atoms with Gasteiger partial charge < -0.3 is 14.4 Å². The Hall–Kier alpha value is -0.550. The fraction of sp³-hybridized carbons (Fsp3) is 0.294. The summed E-state index contributed by atoms with van der Waals surface area (Å²) in [6.45, 7) is 2.29. The van der Waals surface area contributed by atoms with E-state index in [0.29, 0.717) is 28.8 Å². The second kappa shape index (κ2) is 7.99. The van der Waals surface area contributed by atoms with Crippen molar-refractivity contribution in [2.45, 2.75) is 25.2 Å². The molecular weight excluding hydrogens is 448 g/mol. The molecule has 0 amide bonds. The van der Waals surface area contributed by atoms with Crippen LogP contribution in [0.2, 0.25) is 10.0 Å². The van der Waals surface area contributed by atoms with Gasteiger partial charge >= 0.3 is 7.60 Å². The highest BCUT2D eigenvalue weighted by Gasteiger charge is 2.41. The predicted octanol–water partition coefficient (Wildman–Crippen LogP) is 6.89. The second-order valence-electron chi connectivity index (χ2n) is 5.83. The number of hydrogen-bond acceptors (Lipinski definition) is 4. The summed E-state index contributed by atoms with van der Waals surface area (Å²) in [5, 5.41) is 4.21. The summed E-state index contributed by atoms with van der Waals surface area (Å²) in [6, 6.07) is 12.6. The topological polar surface area (TPSA) is 47.6 Å². The van der Waals surface area contributed by atoms with Crippen molar-refractivity contribution in [3.63, 3.8) is 0 Å². The lowest BCUT2D eigenvalue weighted by molar-refractivity contribution is 0.0887. The highest BCUT2D eigenvalue weighted by Crippen LogP contribution is 2.63. The largest absolute Gasteiger partial charge is 0.368 e. The van der Waals surface area contributed by atoms with Gasteiger partial charge in [0.05, 0.1) is 12.7 Å². The van der Waals surface area contributed by atoms with Crippen molar-refractivity contribution >= 4 is 52.4 Å². The minimum absolute atomic E-state index is 0.137. The maximum atomic E-state index is 13.4. The van der Waals surface area contributed by atoms with Gasteiger partial charge in [-0.05, 0) is 49.2 Å². The van der Waals surface area contributed by atoms with Crippen LogP contribution < -0.4 is 5.32 Å². The number of halogens is 3. The van der Waals surface area contributed by atoms with Gasteiger partial charge in [0.15, 0.2) is 5.78 Å². The molecule has 0 unspecified atom stereocenters. The first kappa shape index (κ1) is 19.2. The Kier molecular flexibility index (Phi) is 6.15. The highest BCUT2D eigenvalue weighted by atomic mass is 79.9. The predicted molar refractivity (Wildman–Crippen MR) is 106 cm³/mol. The van der Waals surface area contributed by atoms with Gasteiger partial charge in [0.1, 0.15) is 0 Å². The van der Waals surface area contributed by atoms with E-state index in [1.54, 1.807) is 18.2 Å². The Morgan fingerprint density at radius 3 is 2.44 bits per heavy atom. The Labute approximate surface area is 165 Å². The summed E-state index contributed by atoms with van der Waals surface area (Å²) >= 11 is 15.6. The third kappa shape index (κ3) is 4.79. The Bertz CT molecular complexity index is 783. The van der Waals surface area contributed by atoms with E-state index in [1.807, 2.05) is 31.2 Å². The van der Waals surface area contributed by atoms with Crippen molar-refractivity contribution in [1.29, 1.82) is 0 Å². The third-order valence-corrected chi connectivity index (χ3v) is 7.01. The third-order valence-electron chi connectivity index (χ3n) is 3.79. The molecule has 1 N–H and O–H groups in total. The molecule has 3 atom stereocenters. The molecule has 3 rings (SSSR count). The molecule has 0 saturated carbocycles. The van der Waals surface area contributed by atoms with Gasteiger partial charge in [0.2, 0.25) is 0 Å². The van der Waals surface area contributed by atoms with E-state index >= 15 is 0 Å². The Morgan fingerprint density at radius 2 is 1.84 bits per heavy atom. The lowest BCUT2D eigenvalue weighted by Crippen LogP contribution is -2.23. The number of hydrogen-bond donors (Lipinski definition) is 1. The zero-order chi connectivity index (χ0) is 18.0. The number of nitrogens with one attached hydrogen (secondary N) is 1. The monoisotopic (exact) mass is 463 g/mol.